The Morgan fingerprint density at radius 2 is 1.65 bits per heavy atom. The van der Waals surface area contributed by atoms with E-state index in [0.29, 0.717) is 55.0 Å². The van der Waals surface area contributed by atoms with E-state index < -0.39 is 12.2 Å². The molecule has 3 aromatic heterocycles. The minimum Gasteiger partial charge on any atom is -0.378 e. The highest BCUT2D eigenvalue weighted by atomic mass is 19.3. The number of anilines is 4. The van der Waals surface area contributed by atoms with Crippen LogP contribution in [0.15, 0.2) is 42.6 Å². The summed E-state index contributed by atoms with van der Waals surface area (Å²) in [6, 6.07) is 11.4. The standard InChI is InChI=1S/C27H32F2N10O/c1-36(2)19-9-11-37(12-10-19)22-8-7-18(17-30-22)31-25-33-26(38-13-15-40-16-14-38)35-27(34-25)39-21-6-4-3-5-20(21)32-24(39)23(28)29/h3-8,17,19,23H,9-16H2,1-2H3,(H,31,33,34,35). The Kier molecular flexibility index (Phi) is 7.39. The van der Waals surface area contributed by atoms with E-state index >= 15 is 0 Å². The van der Waals surface area contributed by atoms with Crippen molar-refractivity contribution in [1.82, 2.24) is 34.4 Å². The highest BCUT2D eigenvalue weighted by molar-refractivity contribution is 5.77. The first kappa shape index (κ1) is 26.3. The molecule has 0 aliphatic carbocycles. The van der Waals surface area contributed by atoms with Crippen LogP contribution in [0.2, 0.25) is 0 Å². The molecular formula is C27H32F2N10O. The number of alkyl halides is 2. The van der Waals surface area contributed by atoms with Crippen molar-refractivity contribution < 1.29 is 13.5 Å². The van der Waals surface area contributed by atoms with Crippen LogP contribution in [0.25, 0.3) is 17.0 Å². The molecule has 1 aromatic carbocycles. The van der Waals surface area contributed by atoms with Crippen molar-refractivity contribution >= 4 is 34.4 Å². The largest absolute Gasteiger partial charge is 0.378 e. The van der Waals surface area contributed by atoms with Crippen LogP contribution in [0.5, 0.6) is 0 Å². The van der Waals surface area contributed by atoms with Crippen LogP contribution in [-0.4, -0.2) is 93.9 Å². The summed E-state index contributed by atoms with van der Waals surface area (Å²) in [5, 5.41) is 3.21. The molecule has 1 N–H and O–H groups in total. The summed E-state index contributed by atoms with van der Waals surface area (Å²) >= 11 is 0. The zero-order valence-electron chi connectivity index (χ0n) is 22.5. The number of nitrogens with one attached hydrogen (secondary N) is 1. The molecule has 0 atom stereocenters. The molecule has 6 rings (SSSR count). The lowest BCUT2D eigenvalue weighted by atomic mass is 10.0. The molecule has 0 saturated carbocycles. The molecule has 210 valence electrons. The quantitative estimate of drug-likeness (QED) is 0.367. The summed E-state index contributed by atoms with van der Waals surface area (Å²) < 4.78 is 35.0. The molecule has 2 aliphatic heterocycles. The number of aromatic nitrogens is 6. The van der Waals surface area contributed by atoms with Crippen molar-refractivity contribution in [2.45, 2.75) is 25.3 Å². The van der Waals surface area contributed by atoms with Gasteiger partial charge in [-0.25, -0.2) is 18.7 Å². The third-order valence-electron chi connectivity index (χ3n) is 7.41. The number of morpholine rings is 1. The Hall–Kier alpha value is -3.97. The Morgan fingerprint density at radius 1 is 0.900 bits per heavy atom. The molecule has 2 saturated heterocycles. The van der Waals surface area contributed by atoms with E-state index in [-0.39, 0.29) is 11.9 Å². The van der Waals surface area contributed by atoms with E-state index in [0.717, 1.165) is 31.7 Å². The number of para-hydroxylation sites is 2. The van der Waals surface area contributed by atoms with Gasteiger partial charge < -0.3 is 24.8 Å². The number of imidazole rings is 1. The van der Waals surface area contributed by atoms with Gasteiger partial charge >= 0.3 is 0 Å². The molecule has 0 amide bonds. The smallest absolute Gasteiger partial charge is 0.296 e. The molecule has 4 aromatic rings. The lowest BCUT2D eigenvalue weighted by Gasteiger charge is -2.35. The number of rotatable bonds is 7. The number of hydrogen-bond donors (Lipinski definition) is 1. The molecule has 2 fully saturated rings. The minimum atomic E-state index is -2.81. The summed E-state index contributed by atoms with van der Waals surface area (Å²) in [6.45, 7) is 4.11. The van der Waals surface area contributed by atoms with Gasteiger partial charge in [-0.2, -0.15) is 15.0 Å². The van der Waals surface area contributed by atoms with Gasteiger partial charge in [0.25, 0.3) is 6.43 Å². The number of hydrogen-bond acceptors (Lipinski definition) is 10. The monoisotopic (exact) mass is 550 g/mol. The number of fused-ring (bicyclic) bond motifs is 1. The van der Waals surface area contributed by atoms with E-state index in [1.54, 1.807) is 30.5 Å². The van der Waals surface area contributed by atoms with Crippen molar-refractivity contribution in [3.8, 4) is 5.95 Å². The second-order valence-corrected chi connectivity index (χ2v) is 10.2. The predicted octanol–water partition coefficient (Wildman–Crippen LogP) is 3.65. The first-order valence-corrected chi connectivity index (χ1v) is 13.5. The second kappa shape index (κ2) is 11.3. The van der Waals surface area contributed by atoms with E-state index in [9.17, 15) is 8.78 Å². The number of nitrogens with zero attached hydrogens (tertiary/aromatic N) is 9. The van der Waals surface area contributed by atoms with Crippen LogP contribution in [0.1, 0.15) is 25.1 Å². The van der Waals surface area contributed by atoms with E-state index in [2.05, 4.69) is 54.1 Å². The lowest BCUT2D eigenvalue weighted by Crippen LogP contribution is -2.42. The zero-order chi connectivity index (χ0) is 27.6. The Labute approximate surface area is 230 Å². The Bertz CT molecular complexity index is 1450. The molecule has 5 heterocycles. The molecule has 0 spiro atoms. The molecule has 0 unspecified atom stereocenters. The highest BCUT2D eigenvalue weighted by Gasteiger charge is 2.25. The summed E-state index contributed by atoms with van der Waals surface area (Å²) in [5.74, 6) is 1.17. The number of benzene rings is 1. The van der Waals surface area contributed by atoms with Gasteiger partial charge in [-0.3, -0.25) is 4.57 Å². The highest BCUT2D eigenvalue weighted by Crippen LogP contribution is 2.28. The molecule has 0 radical (unpaired) electrons. The van der Waals surface area contributed by atoms with Crippen LogP contribution in [0.3, 0.4) is 0 Å². The summed E-state index contributed by atoms with van der Waals surface area (Å²) in [7, 11) is 4.25. The van der Waals surface area contributed by atoms with Crippen molar-refractivity contribution in [3.05, 3.63) is 48.4 Å². The van der Waals surface area contributed by atoms with Gasteiger partial charge in [0.2, 0.25) is 17.8 Å². The Balaban J connectivity index is 1.31. The fourth-order valence-corrected chi connectivity index (χ4v) is 5.20. The number of pyridine rings is 1. The lowest BCUT2D eigenvalue weighted by molar-refractivity contribution is 0.122. The first-order chi connectivity index (χ1) is 19.5. The van der Waals surface area contributed by atoms with Gasteiger partial charge in [0.1, 0.15) is 5.82 Å². The maximum absolute atomic E-state index is 14.1. The summed E-state index contributed by atoms with van der Waals surface area (Å²) in [4.78, 5) is 29.1. The van der Waals surface area contributed by atoms with Gasteiger partial charge in [0.15, 0.2) is 5.82 Å². The SMILES string of the molecule is CN(C)C1CCN(c2ccc(Nc3nc(N4CCOCC4)nc(-n4c(C(F)F)nc5ccccc54)n3)cn2)CC1. The van der Waals surface area contributed by atoms with Crippen LogP contribution < -0.4 is 15.1 Å². The summed E-state index contributed by atoms with van der Waals surface area (Å²) in [5.41, 5.74) is 1.61. The maximum Gasteiger partial charge on any atom is 0.296 e. The van der Waals surface area contributed by atoms with Gasteiger partial charge in [-0.05, 0) is 51.2 Å². The van der Waals surface area contributed by atoms with Crippen LogP contribution in [0, 0.1) is 0 Å². The third-order valence-corrected chi connectivity index (χ3v) is 7.41. The zero-order valence-corrected chi connectivity index (χ0v) is 22.5. The molecule has 11 nitrogen and oxygen atoms in total. The van der Waals surface area contributed by atoms with Crippen molar-refractivity contribution in [2.24, 2.45) is 0 Å². The molecular weight excluding hydrogens is 518 g/mol. The van der Waals surface area contributed by atoms with Crippen LogP contribution >= 0.6 is 0 Å². The van der Waals surface area contributed by atoms with Crippen molar-refractivity contribution in [1.29, 1.82) is 0 Å². The molecule has 40 heavy (non-hydrogen) atoms. The van der Waals surface area contributed by atoms with Crippen LogP contribution in [0.4, 0.5) is 32.2 Å². The fourth-order valence-electron chi connectivity index (χ4n) is 5.20. The fraction of sp³-hybridized carbons (Fsp3) is 0.444. The van der Waals surface area contributed by atoms with Crippen LogP contribution in [-0.2, 0) is 4.74 Å². The van der Waals surface area contributed by atoms with Gasteiger partial charge in [-0.15, -0.1) is 0 Å². The third kappa shape index (κ3) is 5.39. The topological polar surface area (TPSA) is 100 Å². The van der Waals surface area contributed by atoms with E-state index in [1.165, 1.54) is 4.57 Å². The second-order valence-electron chi connectivity index (χ2n) is 10.2. The first-order valence-electron chi connectivity index (χ1n) is 13.5. The average molecular weight is 551 g/mol. The number of halogens is 2. The normalized spacial score (nSPS) is 16.9. The van der Waals surface area contributed by atoms with Crippen molar-refractivity contribution in [2.75, 3.05) is 68.6 Å². The summed E-state index contributed by atoms with van der Waals surface area (Å²) in [6.07, 6.45) is 1.11. The number of piperidine rings is 1. The van der Waals surface area contributed by atoms with E-state index in [4.69, 9.17) is 4.74 Å². The van der Waals surface area contributed by atoms with Gasteiger partial charge in [-0.1, -0.05) is 12.1 Å². The number of ether oxygens (including phenoxy) is 1. The maximum atomic E-state index is 14.1. The van der Waals surface area contributed by atoms with Gasteiger partial charge in [0, 0.05) is 32.2 Å². The minimum absolute atomic E-state index is 0.0661. The van der Waals surface area contributed by atoms with E-state index in [1.807, 2.05) is 17.0 Å². The predicted molar refractivity (Wildman–Crippen MR) is 149 cm³/mol. The Morgan fingerprint density at radius 3 is 2.35 bits per heavy atom. The molecule has 0 bridgehead atoms. The molecule has 2 aliphatic rings. The van der Waals surface area contributed by atoms with Crippen molar-refractivity contribution in [3.63, 3.8) is 0 Å². The van der Waals surface area contributed by atoms with Gasteiger partial charge in [0.05, 0.1) is 36.1 Å². The molecule has 13 heteroatoms. The average Bonchev–Trinajstić information content (AvgIpc) is 3.38.